The van der Waals surface area contributed by atoms with Gasteiger partial charge < -0.3 is 5.11 Å². The maximum absolute atomic E-state index is 12.7. The number of hydrogen-bond donors (Lipinski definition) is 1. The van der Waals surface area contributed by atoms with Crippen LogP contribution in [0.25, 0.3) is 5.57 Å². The van der Waals surface area contributed by atoms with Crippen molar-refractivity contribution in [3.05, 3.63) is 58.7 Å². The Labute approximate surface area is 182 Å². The largest absolute Gasteiger partial charge is 0.507 e. The van der Waals surface area contributed by atoms with E-state index < -0.39 is 22.8 Å². The van der Waals surface area contributed by atoms with Crippen LogP contribution in [0.4, 0.5) is 0 Å². The van der Waals surface area contributed by atoms with Crippen LogP contribution in [-0.4, -0.2) is 25.8 Å². The van der Waals surface area contributed by atoms with Crippen LogP contribution in [0.5, 0.6) is 0 Å². The van der Waals surface area contributed by atoms with Gasteiger partial charge in [0.15, 0.2) is 0 Å². The summed E-state index contributed by atoms with van der Waals surface area (Å²) in [5, 5.41) is 11.0. The highest BCUT2D eigenvalue weighted by Gasteiger charge is 2.37. The number of allylic oxidation sites excluding steroid dienone is 5. The summed E-state index contributed by atoms with van der Waals surface area (Å²) in [6.45, 7) is 7.15. The van der Waals surface area contributed by atoms with Crippen LogP contribution < -0.4 is 11.2 Å². The van der Waals surface area contributed by atoms with E-state index in [0.717, 1.165) is 10.1 Å². The highest BCUT2D eigenvalue weighted by Crippen LogP contribution is 2.36. The minimum Gasteiger partial charge on any atom is -0.507 e. The highest BCUT2D eigenvalue weighted by molar-refractivity contribution is 14.1. The van der Waals surface area contributed by atoms with Gasteiger partial charge in [-0.05, 0) is 62.1 Å². The third-order valence-corrected chi connectivity index (χ3v) is 6.12. The maximum atomic E-state index is 12.7. The average Bonchev–Trinajstić information content (AvgIpc) is 2.65. The van der Waals surface area contributed by atoms with E-state index in [1.54, 1.807) is 29.5 Å². The van der Waals surface area contributed by atoms with Crippen molar-refractivity contribution in [1.29, 1.82) is 0 Å². The number of nitrogens with zero attached hydrogens (tertiary/aromatic N) is 2. The first-order valence-electron chi connectivity index (χ1n) is 9.24. The molecule has 1 aromatic rings. The molecule has 29 heavy (non-hydrogen) atoms. The SMILES string of the molecule is CC(C)=CCCC(C)C1=C(O)C(c2c(I)c(=O)n(C)c(=O)n2C)=C(C)C(=O)C1=O. The second kappa shape index (κ2) is 8.64. The number of hydrogen-bond acceptors (Lipinski definition) is 5. The fourth-order valence-electron chi connectivity index (χ4n) is 3.42. The summed E-state index contributed by atoms with van der Waals surface area (Å²) >= 11 is 1.80. The van der Waals surface area contributed by atoms with Gasteiger partial charge in [0.05, 0.1) is 5.69 Å². The number of ketones is 2. The van der Waals surface area contributed by atoms with Gasteiger partial charge in [0, 0.05) is 30.8 Å². The lowest BCUT2D eigenvalue weighted by atomic mass is 9.81. The molecule has 0 aliphatic heterocycles. The number of aliphatic hydroxyl groups excluding tert-OH is 1. The van der Waals surface area contributed by atoms with Crippen molar-refractivity contribution in [2.24, 2.45) is 20.0 Å². The number of carbonyl (C=O) groups excluding carboxylic acids is 2. The first-order chi connectivity index (χ1) is 13.4. The number of aliphatic hydroxyl groups is 1. The van der Waals surface area contributed by atoms with Gasteiger partial charge in [0.25, 0.3) is 5.56 Å². The molecule has 1 atom stereocenters. The van der Waals surface area contributed by atoms with Gasteiger partial charge >= 0.3 is 5.69 Å². The Hall–Kier alpha value is -2.23. The van der Waals surface area contributed by atoms with Crippen molar-refractivity contribution in [3.8, 4) is 0 Å². The van der Waals surface area contributed by atoms with Crippen LogP contribution >= 0.6 is 22.6 Å². The minimum atomic E-state index is -0.739. The molecule has 0 spiro atoms. The van der Waals surface area contributed by atoms with E-state index >= 15 is 0 Å². The molecule has 156 valence electrons. The summed E-state index contributed by atoms with van der Waals surface area (Å²) in [7, 11) is 2.82. The second-order valence-electron chi connectivity index (χ2n) is 7.55. The van der Waals surface area contributed by atoms with Crippen molar-refractivity contribution in [2.45, 2.75) is 40.5 Å². The van der Waals surface area contributed by atoms with E-state index in [-0.39, 0.29) is 37.7 Å². The van der Waals surface area contributed by atoms with Crippen LogP contribution in [0, 0.1) is 9.49 Å². The van der Waals surface area contributed by atoms with Gasteiger partial charge in [-0.1, -0.05) is 18.6 Å². The van der Waals surface area contributed by atoms with E-state index in [9.17, 15) is 24.3 Å². The average molecular weight is 512 g/mol. The predicted molar refractivity (Wildman–Crippen MR) is 120 cm³/mol. The molecule has 2 rings (SSSR count). The molecule has 1 aliphatic rings. The quantitative estimate of drug-likeness (QED) is 0.283. The van der Waals surface area contributed by atoms with Crippen molar-refractivity contribution in [1.82, 2.24) is 9.13 Å². The highest BCUT2D eigenvalue weighted by atomic mass is 127. The topological polar surface area (TPSA) is 98.4 Å². The molecule has 0 radical (unpaired) electrons. The molecule has 1 aliphatic carbocycles. The molecule has 0 aromatic carbocycles. The summed E-state index contributed by atoms with van der Waals surface area (Å²) in [6, 6.07) is 0. The molecule has 0 bridgehead atoms. The first kappa shape index (κ1) is 23.1. The predicted octanol–water partition coefficient (Wildman–Crippen LogP) is 2.81. The van der Waals surface area contributed by atoms with Crippen molar-refractivity contribution in [3.63, 3.8) is 0 Å². The Morgan fingerprint density at radius 1 is 1.10 bits per heavy atom. The Morgan fingerprint density at radius 2 is 1.69 bits per heavy atom. The second-order valence-corrected chi connectivity index (χ2v) is 8.63. The monoisotopic (exact) mass is 512 g/mol. The Kier molecular flexibility index (Phi) is 6.87. The molecule has 0 amide bonds. The van der Waals surface area contributed by atoms with Gasteiger partial charge in [-0.25, -0.2) is 4.79 Å². The Morgan fingerprint density at radius 3 is 2.24 bits per heavy atom. The van der Waals surface area contributed by atoms with E-state index in [1.807, 2.05) is 19.9 Å². The number of Topliss-reactive ketones (excluding diaryl/α,β-unsaturated/α-hetero) is 2. The molecule has 1 unspecified atom stereocenters. The minimum absolute atomic E-state index is 0.0221. The number of aromatic nitrogens is 2. The Balaban J connectivity index is 2.76. The maximum Gasteiger partial charge on any atom is 0.330 e. The molecule has 8 heteroatoms. The van der Waals surface area contributed by atoms with Crippen molar-refractivity contribution in [2.75, 3.05) is 0 Å². The molecule has 0 saturated carbocycles. The van der Waals surface area contributed by atoms with Gasteiger partial charge in [-0.15, -0.1) is 0 Å². The first-order valence-corrected chi connectivity index (χ1v) is 10.3. The van der Waals surface area contributed by atoms with Gasteiger partial charge in [0.2, 0.25) is 11.6 Å². The summed E-state index contributed by atoms with van der Waals surface area (Å²) in [6.07, 6.45) is 3.29. The molecule has 7 nitrogen and oxygen atoms in total. The van der Waals surface area contributed by atoms with Crippen molar-refractivity contribution >= 4 is 39.7 Å². The number of halogens is 1. The molecule has 1 heterocycles. The number of carbonyl (C=O) groups is 2. The summed E-state index contributed by atoms with van der Waals surface area (Å²) in [4.78, 5) is 50.2. The summed E-state index contributed by atoms with van der Waals surface area (Å²) in [5.74, 6) is -2.17. The van der Waals surface area contributed by atoms with Crippen LogP contribution in [0.1, 0.15) is 46.2 Å². The Bertz CT molecular complexity index is 1070. The smallest absolute Gasteiger partial charge is 0.330 e. The zero-order valence-electron chi connectivity index (χ0n) is 17.4. The lowest BCUT2D eigenvalue weighted by Crippen LogP contribution is -2.41. The fourth-order valence-corrected chi connectivity index (χ4v) is 4.41. The van der Waals surface area contributed by atoms with E-state index in [2.05, 4.69) is 0 Å². The van der Waals surface area contributed by atoms with Crippen LogP contribution in [0.15, 0.2) is 38.1 Å². The standard InChI is InChI=1S/C21H25IN2O5/c1-10(2)8-7-9-11(3)13-18(26)14(12(4)17(25)19(13)27)16-15(22)20(28)24(6)21(29)23(16)5/h8,11,26H,7,9H2,1-6H3. The van der Waals surface area contributed by atoms with E-state index in [0.29, 0.717) is 12.8 Å². The third kappa shape index (κ3) is 4.08. The van der Waals surface area contributed by atoms with E-state index in [1.165, 1.54) is 25.6 Å². The molecule has 0 fully saturated rings. The van der Waals surface area contributed by atoms with E-state index in [4.69, 9.17) is 0 Å². The summed E-state index contributed by atoms with van der Waals surface area (Å²) in [5.41, 5.74) is 0.294. The molecule has 1 N–H and O–H groups in total. The summed E-state index contributed by atoms with van der Waals surface area (Å²) < 4.78 is 2.36. The van der Waals surface area contributed by atoms with Crippen molar-refractivity contribution < 1.29 is 14.7 Å². The third-order valence-electron chi connectivity index (χ3n) is 5.15. The van der Waals surface area contributed by atoms with Crippen LogP contribution in [0.3, 0.4) is 0 Å². The van der Waals surface area contributed by atoms with Gasteiger partial charge in [0.1, 0.15) is 9.33 Å². The van der Waals surface area contributed by atoms with Gasteiger partial charge in [-0.3, -0.25) is 23.5 Å². The van der Waals surface area contributed by atoms with Crippen LogP contribution in [0.2, 0.25) is 0 Å². The molecular formula is C21H25IN2O5. The zero-order valence-corrected chi connectivity index (χ0v) is 19.6. The molecular weight excluding hydrogens is 487 g/mol. The molecule has 1 aromatic heterocycles. The van der Waals surface area contributed by atoms with Gasteiger partial charge in [-0.2, -0.15) is 0 Å². The number of rotatable bonds is 5. The fraction of sp³-hybridized carbons (Fsp3) is 0.429. The normalized spacial score (nSPS) is 15.8. The lowest BCUT2D eigenvalue weighted by Gasteiger charge is -2.25. The van der Waals surface area contributed by atoms with Crippen LogP contribution in [-0.2, 0) is 23.7 Å². The lowest BCUT2D eigenvalue weighted by molar-refractivity contribution is -0.132. The zero-order chi connectivity index (χ0) is 22.2. The molecule has 0 saturated heterocycles.